The van der Waals surface area contributed by atoms with Crippen LogP contribution in [0.25, 0.3) is 0 Å². The number of carboxylic acids is 1. The maximum Gasteiger partial charge on any atom is 0.326 e. The van der Waals surface area contributed by atoms with Crippen LogP contribution in [0.4, 0.5) is 0 Å². The Labute approximate surface area is 163 Å². The minimum atomic E-state index is -1.30. The predicted octanol–water partition coefficient (Wildman–Crippen LogP) is -2.50. The molecule has 0 aliphatic carbocycles. The van der Waals surface area contributed by atoms with E-state index in [0.717, 1.165) is 11.3 Å². The van der Waals surface area contributed by atoms with Gasteiger partial charge >= 0.3 is 5.97 Å². The van der Waals surface area contributed by atoms with Gasteiger partial charge in [-0.25, -0.2) is 4.79 Å². The molecular formula is C17H31N5O6. The summed E-state index contributed by atoms with van der Waals surface area (Å²) >= 11 is 0. The van der Waals surface area contributed by atoms with Crippen LogP contribution >= 0.6 is 0 Å². The average molecular weight is 401 g/mol. The molecule has 0 saturated carbocycles. The molecule has 0 radical (unpaired) electrons. The van der Waals surface area contributed by atoms with Crippen LogP contribution in [0, 0.1) is 0 Å². The van der Waals surface area contributed by atoms with Gasteiger partial charge in [-0.15, -0.1) is 0 Å². The second kappa shape index (κ2) is 11.6. The minimum absolute atomic E-state index is 0.239. The molecule has 28 heavy (non-hydrogen) atoms. The molecule has 160 valence electrons. The van der Waals surface area contributed by atoms with Crippen LogP contribution in [0.5, 0.6) is 0 Å². The first-order valence-corrected chi connectivity index (χ1v) is 9.43. The van der Waals surface area contributed by atoms with Crippen molar-refractivity contribution in [3.8, 4) is 0 Å². The zero-order chi connectivity index (χ0) is 21.3. The van der Waals surface area contributed by atoms with Gasteiger partial charge in [0.05, 0.1) is 18.7 Å². The third-order valence-corrected chi connectivity index (χ3v) is 4.62. The number of nitrogens with zero attached hydrogens (tertiary/aromatic N) is 1. The second-order valence-corrected chi connectivity index (χ2v) is 6.92. The van der Waals surface area contributed by atoms with Crippen LogP contribution in [-0.2, 0) is 19.2 Å². The van der Waals surface area contributed by atoms with Gasteiger partial charge in [0.15, 0.2) is 0 Å². The van der Waals surface area contributed by atoms with Crippen molar-refractivity contribution in [2.75, 3.05) is 19.6 Å². The Kier molecular flexibility index (Phi) is 9.83. The van der Waals surface area contributed by atoms with Crippen LogP contribution < -0.4 is 22.1 Å². The monoisotopic (exact) mass is 401 g/mol. The number of amides is 3. The molecule has 0 bridgehead atoms. The van der Waals surface area contributed by atoms with Crippen molar-refractivity contribution >= 4 is 23.7 Å². The smallest absolute Gasteiger partial charge is 0.326 e. The van der Waals surface area contributed by atoms with Crippen molar-refractivity contribution in [2.45, 2.75) is 63.3 Å². The molecule has 1 rings (SSSR count). The number of carboxylic acid groups (broad SMARTS) is 1. The summed E-state index contributed by atoms with van der Waals surface area (Å²) < 4.78 is 0. The zero-order valence-corrected chi connectivity index (χ0v) is 16.1. The summed E-state index contributed by atoms with van der Waals surface area (Å²) in [5.41, 5.74) is 11.1. The van der Waals surface area contributed by atoms with Gasteiger partial charge in [0.1, 0.15) is 12.1 Å². The van der Waals surface area contributed by atoms with E-state index in [1.807, 2.05) is 0 Å². The summed E-state index contributed by atoms with van der Waals surface area (Å²) in [5.74, 6) is -2.99. The second-order valence-electron chi connectivity index (χ2n) is 6.92. The summed E-state index contributed by atoms with van der Waals surface area (Å²) in [6, 6.07) is -3.05. The lowest BCUT2D eigenvalue weighted by atomic mass is 10.1. The molecule has 1 fully saturated rings. The molecular weight excluding hydrogens is 370 g/mol. The standard InChI is InChI=1S/C17H31N5O6/c1-10(23)14(16(26)22-8-4-6-12(22)17(27)28)21-13(24)9-20-15(25)11(19)5-2-3-7-18/h10-12,14,23H,2-9,18-19H2,1H3,(H,20,25)(H,21,24)(H,27,28)/t10-,11+,12+,14+/m1/s1. The maximum atomic E-state index is 12.6. The highest BCUT2D eigenvalue weighted by molar-refractivity contribution is 5.93. The van der Waals surface area contributed by atoms with E-state index in [1.165, 1.54) is 6.92 Å². The number of rotatable bonds is 11. The van der Waals surface area contributed by atoms with Gasteiger partial charge in [-0.3, -0.25) is 14.4 Å². The molecule has 0 spiro atoms. The summed E-state index contributed by atoms with van der Waals surface area (Å²) in [6.07, 6.45) is 1.48. The fourth-order valence-electron chi connectivity index (χ4n) is 3.02. The number of aliphatic carboxylic acids is 1. The Bertz CT molecular complexity index is 570. The molecule has 0 unspecified atom stereocenters. The lowest BCUT2D eigenvalue weighted by Gasteiger charge is -2.28. The topological polar surface area (TPSA) is 188 Å². The van der Waals surface area contributed by atoms with E-state index in [-0.39, 0.29) is 6.54 Å². The zero-order valence-electron chi connectivity index (χ0n) is 16.1. The van der Waals surface area contributed by atoms with Crippen molar-refractivity contribution in [1.82, 2.24) is 15.5 Å². The molecule has 11 nitrogen and oxygen atoms in total. The SMILES string of the molecule is C[C@@H](O)[C@H](NC(=O)CNC(=O)[C@@H](N)CCCCN)C(=O)N1CCC[C@H]1C(=O)O. The summed E-state index contributed by atoms with van der Waals surface area (Å²) in [7, 11) is 0. The molecule has 8 N–H and O–H groups in total. The normalized spacial score (nSPS) is 19.6. The van der Waals surface area contributed by atoms with Crippen molar-refractivity contribution in [1.29, 1.82) is 0 Å². The van der Waals surface area contributed by atoms with Gasteiger partial charge in [0, 0.05) is 6.54 Å². The number of carbonyl (C=O) groups is 4. The third kappa shape index (κ3) is 7.06. The largest absolute Gasteiger partial charge is 0.480 e. The van der Waals surface area contributed by atoms with Crippen LogP contribution in [0.3, 0.4) is 0 Å². The quantitative estimate of drug-likeness (QED) is 0.205. The molecule has 4 atom stereocenters. The van der Waals surface area contributed by atoms with E-state index in [2.05, 4.69) is 10.6 Å². The average Bonchev–Trinajstić information content (AvgIpc) is 3.13. The summed E-state index contributed by atoms with van der Waals surface area (Å²) in [6.45, 7) is 1.65. The van der Waals surface area contributed by atoms with Crippen molar-refractivity contribution < 1.29 is 29.4 Å². The molecule has 0 aromatic rings. The fourth-order valence-corrected chi connectivity index (χ4v) is 3.02. The number of nitrogens with one attached hydrogen (secondary N) is 2. The Morgan fingerprint density at radius 3 is 2.50 bits per heavy atom. The highest BCUT2D eigenvalue weighted by Gasteiger charge is 2.39. The molecule has 1 heterocycles. The van der Waals surface area contributed by atoms with Crippen LogP contribution in [-0.4, -0.2) is 82.7 Å². The van der Waals surface area contributed by atoms with Gasteiger partial charge in [-0.2, -0.15) is 0 Å². The van der Waals surface area contributed by atoms with E-state index in [4.69, 9.17) is 11.5 Å². The third-order valence-electron chi connectivity index (χ3n) is 4.62. The number of unbranched alkanes of at least 4 members (excludes halogenated alkanes) is 1. The molecule has 1 aliphatic heterocycles. The van der Waals surface area contributed by atoms with Crippen LogP contribution in [0.1, 0.15) is 39.0 Å². The van der Waals surface area contributed by atoms with E-state index < -0.39 is 54.5 Å². The predicted molar refractivity (Wildman–Crippen MR) is 99.9 cm³/mol. The number of aliphatic hydroxyl groups is 1. The Morgan fingerprint density at radius 2 is 1.93 bits per heavy atom. The van der Waals surface area contributed by atoms with Crippen LogP contribution in [0.2, 0.25) is 0 Å². The number of nitrogens with two attached hydrogens (primary N) is 2. The molecule has 1 saturated heterocycles. The van der Waals surface area contributed by atoms with Gasteiger partial charge in [-0.05, 0) is 39.2 Å². The Morgan fingerprint density at radius 1 is 1.25 bits per heavy atom. The Balaban J connectivity index is 2.57. The van der Waals surface area contributed by atoms with Gasteiger partial charge in [0.2, 0.25) is 17.7 Å². The van der Waals surface area contributed by atoms with Gasteiger partial charge < -0.3 is 37.2 Å². The van der Waals surface area contributed by atoms with Crippen molar-refractivity contribution in [3.63, 3.8) is 0 Å². The first-order valence-electron chi connectivity index (χ1n) is 9.43. The van der Waals surface area contributed by atoms with Crippen LogP contribution in [0.15, 0.2) is 0 Å². The van der Waals surface area contributed by atoms with E-state index in [1.54, 1.807) is 0 Å². The number of likely N-dealkylation sites (tertiary alicyclic amines) is 1. The van der Waals surface area contributed by atoms with Crippen molar-refractivity contribution in [2.24, 2.45) is 11.5 Å². The highest BCUT2D eigenvalue weighted by atomic mass is 16.4. The van der Waals surface area contributed by atoms with Crippen molar-refractivity contribution in [3.05, 3.63) is 0 Å². The molecule has 11 heteroatoms. The number of aliphatic hydroxyl groups excluding tert-OH is 1. The number of hydrogen-bond acceptors (Lipinski definition) is 7. The van der Waals surface area contributed by atoms with E-state index >= 15 is 0 Å². The lowest BCUT2D eigenvalue weighted by Crippen LogP contribution is -2.57. The minimum Gasteiger partial charge on any atom is -0.480 e. The fraction of sp³-hybridized carbons (Fsp3) is 0.765. The van der Waals surface area contributed by atoms with Gasteiger partial charge in [-0.1, -0.05) is 6.42 Å². The van der Waals surface area contributed by atoms with E-state index in [9.17, 15) is 29.4 Å². The van der Waals surface area contributed by atoms with Gasteiger partial charge in [0.25, 0.3) is 0 Å². The first kappa shape index (κ1) is 23.8. The maximum absolute atomic E-state index is 12.6. The number of carbonyl (C=O) groups excluding carboxylic acids is 3. The number of hydrogen-bond donors (Lipinski definition) is 6. The first-order chi connectivity index (χ1) is 13.2. The molecule has 0 aromatic heterocycles. The molecule has 3 amide bonds. The lowest BCUT2D eigenvalue weighted by molar-refractivity contribution is -0.150. The summed E-state index contributed by atoms with van der Waals surface area (Å²) in [4.78, 5) is 49.0. The molecule has 1 aliphatic rings. The Hall–Kier alpha value is -2.24. The molecule has 0 aromatic carbocycles. The highest BCUT2D eigenvalue weighted by Crippen LogP contribution is 2.19. The van der Waals surface area contributed by atoms with E-state index in [0.29, 0.717) is 32.2 Å². The summed E-state index contributed by atoms with van der Waals surface area (Å²) in [5, 5.41) is 23.8.